The van der Waals surface area contributed by atoms with Gasteiger partial charge in [-0.15, -0.1) is 0 Å². The van der Waals surface area contributed by atoms with Gasteiger partial charge in [-0.3, -0.25) is 4.90 Å². The summed E-state index contributed by atoms with van der Waals surface area (Å²) in [6.07, 6.45) is 0. The van der Waals surface area contributed by atoms with E-state index in [-0.39, 0.29) is 30.2 Å². The molecule has 1 aliphatic heterocycles. The lowest BCUT2D eigenvalue weighted by atomic mass is 9.83. The van der Waals surface area contributed by atoms with Crippen molar-refractivity contribution in [3.63, 3.8) is 0 Å². The van der Waals surface area contributed by atoms with Crippen LogP contribution in [0.3, 0.4) is 0 Å². The molecule has 5 nitrogen and oxygen atoms in total. The summed E-state index contributed by atoms with van der Waals surface area (Å²) in [7, 11) is 0. The Hall–Kier alpha value is -2.35. The number of carboxylic acids is 1. The maximum absolute atomic E-state index is 13.5. The van der Waals surface area contributed by atoms with E-state index < -0.39 is 5.97 Å². The van der Waals surface area contributed by atoms with Gasteiger partial charge in [0.05, 0.1) is 6.61 Å². The first-order chi connectivity index (χ1) is 13.5. The third-order valence-electron chi connectivity index (χ3n) is 4.99. The molecule has 3 rings (SSSR count). The minimum absolute atomic E-state index is 0.0399. The molecular formula is C21H24F2N2O3. The number of rotatable bonds is 8. The average Bonchev–Trinajstić information content (AvgIpc) is 2.69. The summed E-state index contributed by atoms with van der Waals surface area (Å²) in [4.78, 5) is 12.9. The SMILES string of the molecule is O=C(O)COCCN1CCNCC1C(c1ccc(F)cc1)c1ccc(F)cc1. The second kappa shape index (κ2) is 9.73. The number of aliphatic carboxylic acids is 1. The van der Waals surface area contributed by atoms with Crippen molar-refractivity contribution < 1.29 is 23.4 Å². The van der Waals surface area contributed by atoms with Crippen molar-refractivity contribution in [1.82, 2.24) is 10.2 Å². The number of piperazine rings is 1. The molecule has 0 spiro atoms. The molecule has 2 aromatic carbocycles. The predicted molar refractivity (Wildman–Crippen MR) is 101 cm³/mol. The lowest BCUT2D eigenvalue weighted by Crippen LogP contribution is -2.54. The summed E-state index contributed by atoms with van der Waals surface area (Å²) < 4.78 is 32.1. The maximum Gasteiger partial charge on any atom is 0.329 e. The van der Waals surface area contributed by atoms with Crippen LogP contribution < -0.4 is 5.32 Å². The highest BCUT2D eigenvalue weighted by molar-refractivity contribution is 5.67. The average molecular weight is 390 g/mol. The van der Waals surface area contributed by atoms with Crippen molar-refractivity contribution in [3.05, 3.63) is 71.3 Å². The van der Waals surface area contributed by atoms with Gasteiger partial charge in [-0.25, -0.2) is 13.6 Å². The molecule has 28 heavy (non-hydrogen) atoms. The van der Waals surface area contributed by atoms with Crippen molar-refractivity contribution >= 4 is 5.97 Å². The molecule has 150 valence electrons. The number of halogens is 2. The van der Waals surface area contributed by atoms with Gasteiger partial charge in [-0.1, -0.05) is 24.3 Å². The number of carbonyl (C=O) groups is 1. The Bertz CT molecular complexity index is 723. The third-order valence-corrected chi connectivity index (χ3v) is 4.99. The fraction of sp³-hybridized carbons (Fsp3) is 0.381. The fourth-order valence-corrected chi connectivity index (χ4v) is 3.69. The molecule has 7 heteroatoms. The van der Waals surface area contributed by atoms with Crippen LogP contribution in [0.15, 0.2) is 48.5 Å². The number of nitrogens with zero attached hydrogens (tertiary/aromatic N) is 1. The van der Waals surface area contributed by atoms with Gasteiger partial charge in [0, 0.05) is 38.1 Å². The number of ether oxygens (including phenoxy) is 1. The van der Waals surface area contributed by atoms with Gasteiger partial charge in [-0.2, -0.15) is 0 Å². The van der Waals surface area contributed by atoms with E-state index in [2.05, 4.69) is 10.2 Å². The van der Waals surface area contributed by atoms with Crippen LogP contribution in [-0.2, 0) is 9.53 Å². The molecule has 1 fully saturated rings. The Balaban J connectivity index is 1.84. The highest BCUT2D eigenvalue weighted by atomic mass is 19.1. The van der Waals surface area contributed by atoms with Gasteiger partial charge in [0.2, 0.25) is 0 Å². The zero-order valence-electron chi connectivity index (χ0n) is 15.5. The van der Waals surface area contributed by atoms with Crippen LogP contribution in [0.1, 0.15) is 17.0 Å². The van der Waals surface area contributed by atoms with Crippen LogP contribution in [0.4, 0.5) is 8.78 Å². The second-order valence-electron chi connectivity index (χ2n) is 6.83. The Labute approximate surface area is 162 Å². The van der Waals surface area contributed by atoms with Crippen molar-refractivity contribution in [2.45, 2.75) is 12.0 Å². The molecule has 1 saturated heterocycles. The van der Waals surface area contributed by atoms with Crippen LogP contribution in [0.5, 0.6) is 0 Å². The predicted octanol–water partition coefficient (Wildman–Crippen LogP) is 2.47. The van der Waals surface area contributed by atoms with Crippen molar-refractivity contribution in [2.24, 2.45) is 0 Å². The Morgan fingerprint density at radius 3 is 2.21 bits per heavy atom. The summed E-state index contributed by atoms with van der Waals surface area (Å²) in [5.74, 6) is -1.69. The molecule has 1 aliphatic rings. The molecule has 1 heterocycles. The first-order valence-corrected chi connectivity index (χ1v) is 9.30. The summed E-state index contributed by atoms with van der Waals surface area (Å²) in [6.45, 7) is 2.87. The molecular weight excluding hydrogens is 366 g/mol. The van der Waals surface area contributed by atoms with E-state index in [1.807, 2.05) is 0 Å². The van der Waals surface area contributed by atoms with Gasteiger partial charge in [0.15, 0.2) is 0 Å². The van der Waals surface area contributed by atoms with Gasteiger partial charge in [0.25, 0.3) is 0 Å². The Morgan fingerprint density at radius 2 is 1.68 bits per heavy atom. The largest absolute Gasteiger partial charge is 0.480 e. The summed E-state index contributed by atoms with van der Waals surface area (Å²) in [5.41, 5.74) is 1.89. The number of carboxylic acid groups (broad SMARTS) is 1. The highest BCUT2D eigenvalue weighted by Gasteiger charge is 2.32. The van der Waals surface area contributed by atoms with E-state index in [9.17, 15) is 13.6 Å². The van der Waals surface area contributed by atoms with Crippen molar-refractivity contribution in [1.29, 1.82) is 0 Å². The zero-order valence-corrected chi connectivity index (χ0v) is 15.5. The van der Waals surface area contributed by atoms with Crippen LogP contribution >= 0.6 is 0 Å². The monoisotopic (exact) mass is 390 g/mol. The van der Waals surface area contributed by atoms with Crippen molar-refractivity contribution in [2.75, 3.05) is 39.4 Å². The molecule has 0 bridgehead atoms. The smallest absolute Gasteiger partial charge is 0.329 e. The number of nitrogens with one attached hydrogen (secondary N) is 1. The molecule has 1 unspecified atom stereocenters. The van der Waals surface area contributed by atoms with Gasteiger partial charge in [0.1, 0.15) is 18.2 Å². The molecule has 0 saturated carbocycles. The van der Waals surface area contributed by atoms with E-state index in [0.717, 1.165) is 24.2 Å². The third kappa shape index (κ3) is 5.34. The summed E-state index contributed by atoms with van der Waals surface area (Å²) >= 11 is 0. The van der Waals surface area contributed by atoms with Crippen LogP contribution in [0.2, 0.25) is 0 Å². The minimum Gasteiger partial charge on any atom is -0.480 e. The number of hydrogen-bond acceptors (Lipinski definition) is 4. The molecule has 0 radical (unpaired) electrons. The van der Waals surface area contributed by atoms with Crippen molar-refractivity contribution in [3.8, 4) is 0 Å². The summed E-state index contributed by atoms with van der Waals surface area (Å²) in [6, 6.07) is 12.8. The van der Waals surface area contributed by atoms with Gasteiger partial charge < -0.3 is 15.2 Å². The Kier molecular flexibility index (Phi) is 7.08. The molecule has 2 aromatic rings. The summed E-state index contributed by atoms with van der Waals surface area (Å²) in [5, 5.41) is 12.1. The topological polar surface area (TPSA) is 61.8 Å². The normalized spacial score (nSPS) is 17.8. The molecule has 0 amide bonds. The Morgan fingerprint density at radius 1 is 1.11 bits per heavy atom. The molecule has 1 atom stereocenters. The number of hydrogen-bond donors (Lipinski definition) is 2. The van der Waals surface area contributed by atoms with Gasteiger partial charge >= 0.3 is 5.97 Å². The van der Waals surface area contributed by atoms with Gasteiger partial charge in [-0.05, 0) is 35.4 Å². The van der Waals surface area contributed by atoms with E-state index in [0.29, 0.717) is 19.7 Å². The lowest BCUT2D eigenvalue weighted by molar-refractivity contribution is -0.142. The first-order valence-electron chi connectivity index (χ1n) is 9.30. The fourth-order valence-electron chi connectivity index (χ4n) is 3.69. The first kappa shape index (κ1) is 20.4. The number of benzene rings is 2. The quantitative estimate of drug-likeness (QED) is 0.678. The highest BCUT2D eigenvalue weighted by Crippen LogP contribution is 2.32. The standard InChI is InChI=1S/C21H24F2N2O3/c22-17-5-1-15(2-6-17)21(16-3-7-18(23)8-4-16)19-13-24-9-10-25(19)11-12-28-14-20(26)27/h1-8,19,21,24H,9-14H2,(H,26,27). The molecule has 0 aromatic heterocycles. The van der Waals surface area contributed by atoms with E-state index in [4.69, 9.17) is 9.84 Å². The van der Waals surface area contributed by atoms with Crippen LogP contribution in [0.25, 0.3) is 0 Å². The van der Waals surface area contributed by atoms with E-state index in [1.54, 1.807) is 24.3 Å². The molecule has 0 aliphatic carbocycles. The molecule has 2 N–H and O–H groups in total. The van der Waals surface area contributed by atoms with E-state index >= 15 is 0 Å². The maximum atomic E-state index is 13.5. The van der Waals surface area contributed by atoms with Crippen LogP contribution in [0, 0.1) is 11.6 Å². The van der Waals surface area contributed by atoms with Crippen LogP contribution in [-0.4, -0.2) is 61.4 Å². The zero-order chi connectivity index (χ0) is 19.9. The minimum atomic E-state index is -0.993. The van der Waals surface area contributed by atoms with E-state index in [1.165, 1.54) is 24.3 Å². The second-order valence-corrected chi connectivity index (χ2v) is 6.83. The lowest BCUT2D eigenvalue weighted by Gasteiger charge is -2.41.